The smallest absolute Gasteiger partial charge is 0.323 e. The van der Waals surface area contributed by atoms with E-state index in [1.165, 1.54) is 5.56 Å². The Labute approximate surface area is 242 Å². The number of morpholine rings is 1. The van der Waals surface area contributed by atoms with E-state index in [0.717, 1.165) is 42.2 Å². The molecule has 218 valence electrons. The van der Waals surface area contributed by atoms with E-state index in [0.29, 0.717) is 44.3 Å². The molecular formula is C32H40N4O5. The zero-order valence-corrected chi connectivity index (χ0v) is 24.2. The monoisotopic (exact) mass is 560 g/mol. The highest BCUT2D eigenvalue weighted by Crippen LogP contribution is 2.26. The molecule has 3 aromatic carbocycles. The number of hydrogen-bond acceptors (Lipinski definition) is 6. The predicted molar refractivity (Wildman–Crippen MR) is 161 cm³/mol. The normalized spacial score (nSPS) is 13.3. The van der Waals surface area contributed by atoms with Crippen LogP contribution in [0.4, 0.5) is 16.2 Å². The molecule has 0 saturated carbocycles. The third kappa shape index (κ3) is 9.23. The van der Waals surface area contributed by atoms with Crippen molar-refractivity contribution in [3.8, 4) is 11.5 Å². The van der Waals surface area contributed by atoms with E-state index in [2.05, 4.69) is 15.5 Å². The molecule has 0 spiro atoms. The molecule has 0 aliphatic carbocycles. The second kappa shape index (κ2) is 15.1. The Kier molecular flexibility index (Phi) is 11.0. The van der Waals surface area contributed by atoms with E-state index in [9.17, 15) is 9.59 Å². The van der Waals surface area contributed by atoms with Gasteiger partial charge in [0.2, 0.25) is 5.91 Å². The second-order valence-corrected chi connectivity index (χ2v) is 10.1. The summed E-state index contributed by atoms with van der Waals surface area (Å²) < 4.78 is 16.9. The van der Waals surface area contributed by atoms with Crippen molar-refractivity contribution in [2.24, 2.45) is 0 Å². The number of aryl methyl sites for hydroxylation is 2. The zero-order valence-electron chi connectivity index (χ0n) is 24.2. The number of nitrogens with one attached hydrogen (secondary N) is 2. The van der Waals surface area contributed by atoms with Crippen LogP contribution in [-0.4, -0.2) is 81.4 Å². The summed E-state index contributed by atoms with van der Waals surface area (Å²) in [4.78, 5) is 30.3. The van der Waals surface area contributed by atoms with Crippen LogP contribution >= 0.6 is 0 Å². The van der Waals surface area contributed by atoms with Crippen LogP contribution in [0, 0.1) is 13.8 Å². The largest absolute Gasteiger partial charge is 0.495 e. The summed E-state index contributed by atoms with van der Waals surface area (Å²) in [7, 11) is 1.54. The van der Waals surface area contributed by atoms with Gasteiger partial charge >= 0.3 is 6.03 Å². The Balaban J connectivity index is 1.38. The van der Waals surface area contributed by atoms with Crippen molar-refractivity contribution in [1.82, 2.24) is 9.80 Å². The SMILES string of the molecule is COc1cc(CC(=O)N(CCOc2ccc(C)cc2)CCN2CCOCC2)ccc1NC(=O)Nc1ccccc1C. The van der Waals surface area contributed by atoms with Crippen LogP contribution in [0.3, 0.4) is 0 Å². The Bertz CT molecular complexity index is 1290. The number of rotatable bonds is 12. The van der Waals surface area contributed by atoms with Crippen molar-refractivity contribution in [1.29, 1.82) is 0 Å². The number of hydrogen-bond donors (Lipinski definition) is 2. The fourth-order valence-electron chi connectivity index (χ4n) is 4.58. The van der Waals surface area contributed by atoms with Gasteiger partial charge in [-0.1, -0.05) is 42.0 Å². The van der Waals surface area contributed by atoms with Gasteiger partial charge in [0.1, 0.15) is 18.1 Å². The number of anilines is 2. The van der Waals surface area contributed by atoms with E-state index < -0.39 is 0 Å². The summed E-state index contributed by atoms with van der Waals surface area (Å²) in [6.07, 6.45) is 0.208. The number of ether oxygens (including phenoxy) is 3. The maximum absolute atomic E-state index is 13.5. The van der Waals surface area contributed by atoms with E-state index in [1.54, 1.807) is 19.2 Å². The third-order valence-electron chi connectivity index (χ3n) is 7.06. The molecule has 3 amide bonds. The number of amides is 3. The molecule has 0 bridgehead atoms. The number of carbonyl (C=O) groups excluding carboxylic acids is 2. The van der Waals surface area contributed by atoms with Crippen molar-refractivity contribution in [2.75, 3.05) is 70.3 Å². The van der Waals surface area contributed by atoms with E-state index in [1.807, 2.05) is 73.3 Å². The number of benzene rings is 3. The molecule has 0 unspecified atom stereocenters. The lowest BCUT2D eigenvalue weighted by Gasteiger charge is -2.30. The third-order valence-corrected chi connectivity index (χ3v) is 7.06. The molecule has 41 heavy (non-hydrogen) atoms. The fourth-order valence-corrected chi connectivity index (χ4v) is 4.58. The number of para-hydroxylation sites is 1. The summed E-state index contributed by atoms with van der Waals surface area (Å²) in [6.45, 7) is 9.40. The van der Waals surface area contributed by atoms with Crippen LogP contribution in [0.1, 0.15) is 16.7 Å². The summed E-state index contributed by atoms with van der Waals surface area (Å²) in [6, 6.07) is 20.5. The van der Waals surface area contributed by atoms with Gasteiger partial charge in [-0.3, -0.25) is 9.69 Å². The predicted octanol–water partition coefficient (Wildman–Crippen LogP) is 4.74. The Hall–Kier alpha value is -4.08. The highest BCUT2D eigenvalue weighted by Gasteiger charge is 2.19. The summed E-state index contributed by atoms with van der Waals surface area (Å²) >= 11 is 0. The average molecular weight is 561 g/mol. The van der Waals surface area contributed by atoms with E-state index in [-0.39, 0.29) is 18.4 Å². The number of nitrogens with zero attached hydrogens (tertiary/aromatic N) is 2. The minimum Gasteiger partial charge on any atom is -0.495 e. The van der Waals surface area contributed by atoms with E-state index >= 15 is 0 Å². The molecule has 9 heteroatoms. The minimum atomic E-state index is -0.371. The van der Waals surface area contributed by atoms with Crippen molar-refractivity contribution >= 4 is 23.3 Å². The fraction of sp³-hybridized carbons (Fsp3) is 0.375. The van der Waals surface area contributed by atoms with Crippen molar-refractivity contribution in [3.63, 3.8) is 0 Å². The van der Waals surface area contributed by atoms with Crippen LogP contribution in [0.25, 0.3) is 0 Å². The summed E-state index contributed by atoms with van der Waals surface area (Å²) in [5.74, 6) is 1.28. The molecule has 1 aliphatic heterocycles. The Morgan fingerprint density at radius 3 is 2.39 bits per heavy atom. The minimum absolute atomic E-state index is 0.00539. The standard InChI is InChI=1S/C32H40N4O5/c1-24-8-11-27(12-9-24)41-21-18-36(15-14-35-16-19-40-20-17-35)31(37)23-26-10-13-29(30(22-26)39-3)34-32(38)33-28-7-5-4-6-25(28)2/h4-13,22H,14-21,23H2,1-3H3,(H2,33,34,38). The molecule has 1 saturated heterocycles. The lowest BCUT2D eigenvalue weighted by atomic mass is 10.1. The van der Waals surface area contributed by atoms with Gasteiger partial charge < -0.3 is 29.7 Å². The highest BCUT2D eigenvalue weighted by molar-refractivity contribution is 6.01. The topological polar surface area (TPSA) is 92.4 Å². The second-order valence-electron chi connectivity index (χ2n) is 10.1. The molecule has 4 rings (SSSR count). The van der Waals surface area contributed by atoms with Gasteiger partial charge in [0, 0.05) is 31.9 Å². The first-order chi connectivity index (χ1) is 19.9. The van der Waals surface area contributed by atoms with Gasteiger partial charge in [0.25, 0.3) is 0 Å². The summed E-state index contributed by atoms with van der Waals surface area (Å²) in [5, 5.41) is 5.70. The van der Waals surface area contributed by atoms with Crippen molar-refractivity contribution in [3.05, 3.63) is 83.4 Å². The van der Waals surface area contributed by atoms with Gasteiger partial charge in [0.05, 0.1) is 39.0 Å². The van der Waals surface area contributed by atoms with E-state index in [4.69, 9.17) is 14.2 Å². The lowest BCUT2D eigenvalue weighted by molar-refractivity contribution is -0.131. The number of urea groups is 1. The first-order valence-electron chi connectivity index (χ1n) is 14.0. The molecule has 1 heterocycles. The van der Waals surface area contributed by atoms with Crippen LogP contribution in [0.2, 0.25) is 0 Å². The molecule has 0 radical (unpaired) electrons. The maximum Gasteiger partial charge on any atom is 0.323 e. The van der Waals surface area contributed by atoms with Crippen LogP contribution in [-0.2, 0) is 16.0 Å². The van der Waals surface area contributed by atoms with Crippen molar-refractivity contribution in [2.45, 2.75) is 20.3 Å². The number of carbonyl (C=O) groups is 2. The van der Waals surface area contributed by atoms with Gasteiger partial charge in [0.15, 0.2) is 0 Å². The average Bonchev–Trinajstić information content (AvgIpc) is 2.98. The first-order valence-corrected chi connectivity index (χ1v) is 14.0. The number of methoxy groups -OCH3 is 1. The Morgan fingerprint density at radius 1 is 0.927 bits per heavy atom. The van der Waals surface area contributed by atoms with Gasteiger partial charge in [-0.2, -0.15) is 0 Å². The summed E-state index contributed by atoms with van der Waals surface area (Å²) in [5.41, 5.74) is 4.18. The van der Waals surface area contributed by atoms with Crippen LogP contribution in [0.15, 0.2) is 66.7 Å². The molecule has 3 aromatic rings. The quantitative estimate of drug-likeness (QED) is 0.333. The van der Waals surface area contributed by atoms with Gasteiger partial charge in [-0.25, -0.2) is 4.79 Å². The molecule has 1 fully saturated rings. The molecule has 2 N–H and O–H groups in total. The van der Waals surface area contributed by atoms with Gasteiger partial charge in [-0.05, 0) is 55.3 Å². The molecule has 0 aromatic heterocycles. The molecule has 9 nitrogen and oxygen atoms in total. The molecule has 0 atom stereocenters. The first kappa shape index (κ1) is 29.9. The van der Waals surface area contributed by atoms with Gasteiger partial charge in [-0.15, -0.1) is 0 Å². The lowest BCUT2D eigenvalue weighted by Crippen LogP contribution is -2.44. The molecular weight excluding hydrogens is 520 g/mol. The van der Waals surface area contributed by atoms with Crippen LogP contribution < -0.4 is 20.1 Å². The van der Waals surface area contributed by atoms with Crippen molar-refractivity contribution < 1.29 is 23.8 Å². The molecule has 1 aliphatic rings. The zero-order chi connectivity index (χ0) is 29.0. The Morgan fingerprint density at radius 2 is 1.66 bits per heavy atom. The highest BCUT2D eigenvalue weighted by atomic mass is 16.5. The maximum atomic E-state index is 13.5. The van der Waals surface area contributed by atoms with Crippen LogP contribution in [0.5, 0.6) is 11.5 Å².